The van der Waals surface area contributed by atoms with E-state index in [-0.39, 0.29) is 5.91 Å². The van der Waals surface area contributed by atoms with Gasteiger partial charge in [0.25, 0.3) is 5.91 Å². The van der Waals surface area contributed by atoms with Crippen molar-refractivity contribution in [2.24, 2.45) is 0 Å². The molecular weight excluding hydrogens is 418 g/mol. The first kappa shape index (κ1) is 24.3. The number of para-hydroxylation sites is 2. The van der Waals surface area contributed by atoms with Gasteiger partial charge in [-0.1, -0.05) is 75.2 Å². The molecular formula is C27H36ClN3O. The van der Waals surface area contributed by atoms with Crippen LogP contribution < -0.4 is 5.32 Å². The Morgan fingerprint density at radius 1 is 0.938 bits per heavy atom. The highest BCUT2D eigenvalue weighted by molar-refractivity contribution is 6.30. The van der Waals surface area contributed by atoms with Crippen molar-refractivity contribution in [3.8, 4) is 0 Å². The Labute approximate surface area is 197 Å². The fourth-order valence-electron chi connectivity index (χ4n) is 4.13. The summed E-state index contributed by atoms with van der Waals surface area (Å²) in [6.07, 6.45) is 11.9. The van der Waals surface area contributed by atoms with E-state index >= 15 is 0 Å². The number of hydrogen-bond donors (Lipinski definition) is 1. The summed E-state index contributed by atoms with van der Waals surface area (Å²) >= 11 is 5.96. The third-order valence-electron chi connectivity index (χ3n) is 5.92. The van der Waals surface area contributed by atoms with Crippen LogP contribution in [-0.2, 0) is 13.0 Å². The number of rotatable bonds is 14. The van der Waals surface area contributed by atoms with Gasteiger partial charge in [-0.15, -0.1) is 0 Å². The second-order valence-electron chi connectivity index (χ2n) is 8.51. The number of carbonyl (C=O) groups excluding carboxylic acids is 1. The molecule has 0 fully saturated rings. The number of fused-ring (bicyclic) bond motifs is 1. The number of aryl methyl sites for hydroxylation is 2. The van der Waals surface area contributed by atoms with Crippen molar-refractivity contribution < 1.29 is 4.79 Å². The summed E-state index contributed by atoms with van der Waals surface area (Å²) in [5, 5.41) is 3.57. The number of unbranched alkanes of at least 4 members (excludes halogenated alkanes) is 7. The Hall–Kier alpha value is -2.33. The van der Waals surface area contributed by atoms with E-state index in [4.69, 9.17) is 16.6 Å². The molecule has 1 amide bonds. The number of hydrogen-bond acceptors (Lipinski definition) is 2. The van der Waals surface area contributed by atoms with Gasteiger partial charge in [0.15, 0.2) is 0 Å². The summed E-state index contributed by atoms with van der Waals surface area (Å²) in [5.74, 6) is 1.14. The Balaban J connectivity index is 1.43. The maximum atomic E-state index is 12.2. The molecule has 32 heavy (non-hydrogen) atoms. The van der Waals surface area contributed by atoms with Crippen molar-refractivity contribution in [2.45, 2.75) is 77.7 Å². The van der Waals surface area contributed by atoms with E-state index in [1.54, 1.807) is 24.3 Å². The lowest BCUT2D eigenvalue weighted by molar-refractivity contribution is 0.0953. The zero-order valence-electron chi connectivity index (χ0n) is 19.3. The lowest BCUT2D eigenvalue weighted by Crippen LogP contribution is -2.24. The zero-order valence-corrected chi connectivity index (χ0v) is 20.0. The summed E-state index contributed by atoms with van der Waals surface area (Å²) in [6.45, 7) is 3.99. The number of halogens is 1. The molecule has 1 aromatic heterocycles. The predicted molar refractivity (Wildman–Crippen MR) is 134 cm³/mol. The standard InChI is InChI=1S/C27H36ClN3O/c1-2-3-4-5-6-12-20-31-25-17-10-9-16-24(25)30-26(31)18-8-7-11-19-29-27(32)22-14-13-15-23(28)21-22/h9-10,13-17,21H,2-8,11-12,18-20H2,1H3,(H,29,32). The fourth-order valence-corrected chi connectivity index (χ4v) is 4.32. The molecule has 0 atom stereocenters. The molecule has 4 nitrogen and oxygen atoms in total. The Kier molecular flexibility index (Phi) is 10.1. The molecule has 172 valence electrons. The van der Waals surface area contributed by atoms with Crippen LogP contribution in [-0.4, -0.2) is 22.0 Å². The molecule has 0 spiro atoms. The van der Waals surface area contributed by atoms with Crippen LogP contribution in [0.1, 0.15) is 80.9 Å². The maximum Gasteiger partial charge on any atom is 0.251 e. The molecule has 0 radical (unpaired) electrons. The number of amides is 1. The topological polar surface area (TPSA) is 46.9 Å². The molecule has 0 aliphatic rings. The van der Waals surface area contributed by atoms with Crippen molar-refractivity contribution in [1.82, 2.24) is 14.9 Å². The first-order chi connectivity index (χ1) is 15.7. The summed E-state index contributed by atoms with van der Waals surface area (Å²) in [5.41, 5.74) is 2.97. The lowest BCUT2D eigenvalue weighted by atomic mass is 10.1. The molecule has 0 saturated heterocycles. The molecule has 0 unspecified atom stereocenters. The largest absolute Gasteiger partial charge is 0.352 e. The molecule has 1 heterocycles. The normalized spacial score (nSPS) is 11.2. The maximum absolute atomic E-state index is 12.2. The first-order valence-electron chi connectivity index (χ1n) is 12.2. The molecule has 0 aliphatic carbocycles. The monoisotopic (exact) mass is 453 g/mol. The van der Waals surface area contributed by atoms with Gasteiger partial charge in [0.05, 0.1) is 11.0 Å². The second-order valence-corrected chi connectivity index (χ2v) is 8.95. The van der Waals surface area contributed by atoms with E-state index in [1.165, 1.54) is 49.9 Å². The average Bonchev–Trinajstić information content (AvgIpc) is 3.15. The van der Waals surface area contributed by atoms with E-state index in [9.17, 15) is 4.79 Å². The minimum absolute atomic E-state index is 0.0618. The third kappa shape index (κ3) is 7.37. The molecule has 3 aromatic rings. The van der Waals surface area contributed by atoms with Gasteiger partial charge in [0, 0.05) is 30.1 Å². The number of nitrogens with one attached hydrogen (secondary N) is 1. The molecule has 2 aromatic carbocycles. The van der Waals surface area contributed by atoms with Crippen LogP contribution in [0.15, 0.2) is 48.5 Å². The predicted octanol–water partition coefficient (Wildman–Crippen LogP) is 7.19. The molecule has 0 saturated carbocycles. The van der Waals surface area contributed by atoms with Crippen LogP contribution >= 0.6 is 11.6 Å². The SMILES string of the molecule is CCCCCCCCn1c(CCCCCNC(=O)c2cccc(Cl)c2)nc2ccccc21. The van der Waals surface area contributed by atoms with E-state index in [0.29, 0.717) is 17.1 Å². The summed E-state index contributed by atoms with van der Waals surface area (Å²) in [6, 6.07) is 15.5. The molecule has 3 rings (SSSR count). The van der Waals surface area contributed by atoms with Gasteiger partial charge < -0.3 is 9.88 Å². The van der Waals surface area contributed by atoms with Crippen LogP contribution in [0, 0.1) is 0 Å². The van der Waals surface area contributed by atoms with Crippen molar-refractivity contribution in [3.05, 3.63) is 64.9 Å². The van der Waals surface area contributed by atoms with Gasteiger partial charge in [-0.25, -0.2) is 4.98 Å². The molecule has 1 N–H and O–H groups in total. The number of benzene rings is 2. The van der Waals surface area contributed by atoms with Crippen LogP contribution in [0.4, 0.5) is 0 Å². The van der Waals surface area contributed by atoms with E-state index < -0.39 is 0 Å². The quantitative estimate of drug-likeness (QED) is 0.262. The smallest absolute Gasteiger partial charge is 0.251 e. The van der Waals surface area contributed by atoms with E-state index in [1.807, 2.05) is 0 Å². The van der Waals surface area contributed by atoms with Crippen LogP contribution in [0.2, 0.25) is 5.02 Å². The molecule has 0 bridgehead atoms. The number of carbonyl (C=O) groups is 1. The highest BCUT2D eigenvalue weighted by Gasteiger charge is 2.10. The Bertz CT molecular complexity index is 982. The van der Waals surface area contributed by atoms with Crippen molar-refractivity contribution in [2.75, 3.05) is 6.54 Å². The zero-order chi connectivity index (χ0) is 22.6. The van der Waals surface area contributed by atoms with Crippen molar-refractivity contribution >= 4 is 28.5 Å². The van der Waals surface area contributed by atoms with E-state index in [2.05, 4.69) is 41.1 Å². The van der Waals surface area contributed by atoms with Crippen molar-refractivity contribution in [1.29, 1.82) is 0 Å². The Morgan fingerprint density at radius 3 is 2.56 bits per heavy atom. The number of nitrogens with zero attached hydrogens (tertiary/aromatic N) is 2. The van der Waals surface area contributed by atoms with E-state index in [0.717, 1.165) is 37.7 Å². The van der Waals surface area contributed by atoms with Gasteiger partial charge >= 0.3 is 0 Å². The van der Waals surface area contributed by atoms with Crippen LogP contribution in [0.5, 0.6) is 0 Å². The molecule has 0 aliphatic heterocycles. The first-order valence-corrected chi connectivity index (χ1v) is 12.5. The van der Waals surface area contributed by atoms with Crippen LogP contribution in [0.3, 0.4) is 0 Å². The lowest BCUT2D eigenvalue weighted by Gasteiger charge is -2.10. The average molecular weight is 454 g/mol. The highest BCUT2D eigenvalue weighted by atomic mass is 35.5. The number of aromatic nitrogens is 2. The minimum atomic E-state index is -0.0618. The van der Waals surface area contributed by atoms with Gasteiger partial charge in [0.2, 0.25) is 0 Å². The van der Waals surface area contributed by atoms with Crippen LogP contribution in [0.25, 0.3) is 11.0 Å². The second kappa shape index (κ2) is 13.3. The van der Waals surface area contributed by atoms with Crippen molar-refractivity contribution in [3.63, 3.8) is 0 Å². The van der Waals surface area contributed by atoms with Gasteiger partial charge in [-0.2, -0.15) is 0 Å². The summed E-state index contributed by atoms with van der Waals surface area (Å²) in [4.78, 5) is 17.1. The molecule has 5 heteroatoms. The van der Waals surface area contributed by atoms with Gasteiger partial charge in [-0.05, 0) is 49.6 Å². The van der Waals surface area contributed by atoms with Gasteiger partial charge in [0.1, 0.15) is 5.82 Å². The van der Waals surface area contributed by atoms with Gasteiger partial charge in [-0.3, -0.25) is 4.79 Å². The Morgan fingerprint density at radius 2 is 1.72 bits per heavy atom. The fraction of sp³-hybridized carbons (Fsp3) is 0.481. The highest BCUT2D eigenvalue weighted by Crippen LogP contribution is 2.19. The minimum Gasteiger partial charge on any atom is -0.352 e. The third-order valence-corrected chi connectivity index (χ3v) is 6.15. The summed E-state index contributed by atoms with van der Waals surface area (Å²) < 4.78 is 2.43. The number of imidazole rings is 1. The summed E-state index contributed by atoms with van der Waals surface area (Å²) in [7, 11) is 0.